The van der Waals surface area contributed by atoms with Crippen LogP contribution in [-0.4, -0.2) is 34.0 Å². The summed E-state index contributed by atoms with van der Waals surface area (Å²) in [5.41, 5.74) is 2.49. The van der Waals surface area contributed by atoms with Gasteiger partial charge in [0, 0.05) is 0 Å². The molecule has 3 saturated carbocycles. The maximum atomic E-state index is 12.9. The second-order valence-electron chi connectivity index (χ2n) is 12.7. The third-order valence-electron chi connectivity index (χ3n) is 10.7. The lowest BCUT2D eigenvalue weighted by atomic mass is 9.45. The smallest absolute Gasteiger partial charge is 0.310 e. The van der Waals surface area contributed by atoms with E-state index in [0.29, 0.717) is 5.92 Å². The molecule has 0 aromatic carbocycles. The highest BCUT2D eigenvalue weighted by molar-refractivity contribution is 5.76. The van der Waals surface area contributed by atoms with E-state index >= 15 is 0 Å². The van der Waals surface area contributed by atoms with Crippen LogP contribution in [0.15, 0.2) is 36.0 Å². The molecule has 3 fully saturated rings. The van der Waals surface area contributed by atoms with Gasteiger partial charge in [0.2, 0.25) is 0 Å². The monoisotopic (exact) mass is 472 g/mol. The van der Waals surface area contributed by atoms with Gasteiger partial charge in [-0.25, -0.2) is 0 Å². The number of hydrogen-bond donors (Lipinski definition) is 3. The van der Waals surface area contributed by atoms with Crippen molar-refractivity contribution in [2.75, 3.05) is 6.61 Å². The lowest BCUT2D eigenvalue weighted by Gasteiger charge is -2.60. The van der Waals surface area contributed by atoms with Gasteiger partial charge in [-0.2, -0.15) is 0 Å². The zero-order chi connectivity index (χ0) is 25.5. The van der Waals surface area contributed by atoms with Crippen molar-refractivity contribution < 1.29 is 20.1 Å². The number of aliphatic hydroxyl groups is 2. The fourth-order valence-corrected chi connectivity index (χ4v) is 8.25. The largest absolute Gasteiger partial charge is 0.481 e. The van der Waals surface area contributed by atoms with Crippen molar-refractivity contribution in [1.82, 2.24) is 0 Å². The number of aliphatic hydroxyl groups excluding tert-OH is 2. The van der Waals surface area contributed by atoms with Gasteiger partial charge < -0.3 is 15.3 Å². The van der Waals surface area contributed by atoms with Crippen molar-refractivity contribution in [2.45, 2.75) is 98.5 Å². The van der Waals surface area contributed by atoms with Gasteiger partial charge in [0.25, 0.3) is 0 Å². The average molecular weight is 473 g/mol. The summed E-state index contributed by atoms with van der Waals surface area (Å²) >= 11 is 0. The fraction of sp³-hybridized carbons (Fsp3) is 0.767. The van der Waals surface area contributed by atoms with E-state index in [0.717, 1.165) is 68.9 Å². The van der Waals surface area contributed by atoms with E-state index in [1.807, 2.05) is 19.9 Å². The second-order valence-corrected chi connectivity index (χ2v) is 12.7. The molecule has 0 heterocycles. The minimum absolute atomic E-state index is 0.0187. The van der Waals surface area contributed by atoms with Crippen LogP contribution < -0.4 is 0 Å². The molecule has 0 saturated heterocycles. The first-order valence-electron chi connectivity index (χ1n) is 13.3. The van der Waals surface area contributed by atoms with E-state index in [4.69, 9.17) is 0 Å². The Morgan fingerprint density at radius 1 is 1.06 bits per heavy atom. The Balaban J connectivity index is 1.91. The minimum Gasteiger partial charge on any atom is -0.481 e. The van der Waals surface area contributed by atoms with Gasteiger partial charge >= 0.3 is 5.97 Å². The van der Waals surface area contributed by atoms with Gasteiger partial charge in [0.1, 0.15) is 0 Å². The quantitative estimate of drug-likeness (QED) is 0.368. The molecule has 34 heavy (non-hydrogen) atoms. The summed E-state index contributed by atoms with van der Waals surface area (Å²) in [7, 11) is 0. The predicted molar refractivity (Wildman–Crippen MR) is 138 cm³/mol. The Hall–Kier alpha value is -1.39. The molecule has 4 nitrogen and oxygen atoms in total. The molecular formula is C30H48O4. The number of carboxylic acid groups (broad SMARTS) is 1. The highest BCUT2D eigenvalue weighted by Gasteiger charge is 2.58. The molecule has 3 rings (SSSR count). The van der Waals surface area contributed by atoms with Gasteiger partial charge in [-0.15, -0.1) is 0 Å². The topological polar surface area (TPSA) is 77.8 Å². The van der Waals surface area contributed by atoms with Crippen LogP contribution in [0.5, 0.6) is 0 Å². The molecule has 7 atom stereocenters. The molecule has 4 heteroatoms. The Morgan fingerprint density at radius 3 is 2.29 bits per heavy atom. The van der Waals surface area contributed by atoms with E-state index in [1.165, 1.54) is 5.57 Å². The van der Waals surface area contributed by atoms with E-state index in [-0.39, 0.29) is 41.3 Å². The third-order valence-corrected chi connectivity index (χ3v) is 10.7. The van der Waals surface area contributed by atoms with Crippen molar-refractivity contribution >= 4 is 5.97 Å². The third kappa shape index (κ3) is 4.57. The fourth-order valence-electron chi connectivity index (χ4n) is 8.25. The molecule has 0 aliphatic heterocycles. The van der Waals surface area contributed by atoms with Crippen LogP contribution in [0.1, 0.15) is 92.4 Å². The first-order chi connectivity index (χ1) is 15.8. The molecule has 0 amide bonds. The summed E-state index contributed by atoms with van der Waals surface area (Å²) in [5.74, 6) is -0.0267. The van der Waals surface area contributed by atoms with Crippen LogP contribution >= 0.6 is 0 Å². The average Bonchev–Trinajstić information content (AvgIpc) is 2.75. The van der Waals surface area contributed by atoms with E-state index in [1.54, 1.807) is 0 Å². The lowest BCUT2D eigenvalue weighted by molar-refractivity contribution is -0.160. The Morgan fingerprint density at radius 2 is 1.68 bits per heavy atom. The highest BCUT2D eigenvalue weighted by atomic mass is 16.4. The number of rotatable bonds is 7. The molecule has 0 aromatic heterocycles. The molecule has 192 valence electrons. The molecule has 0 radical (unpaired) electrons. The van der Waals surface area contributed by atoms with Crippen molar-refractivity contribution in [3.8, 4) is 0 Å². The summed E-state index contributed by atoms with van der Waals surface area (Å²) in [6.45, 7) is 19.6. The summed E-state index contributed by atoms with van der Waals surface area (Å²) in [6.07, 6.45) is 9.48. The standard InChI is InChI=1S/C30H48O4/c1-19(15-17-31)8-12-23-20(2)9-11-22(30(23,7)27(33)34)18-24-21(3)10-13-25-28(4,5)26(32)14-16-29(24,25)6/h15,22-26,31-32H,2-3,8-14,16-18H2,1,4-7H3,(H,33,34)/b19-15+/t22-,23-,24+,25-,26+,29+,30-/m1/s1. The van der Waals surface area contributed by atoms with Crippen LogP contribution in [0.3, 0.4) is 0 Å². The highest BCUT2D eigenvalue weighted by Crippen LogP contribution is 2.63. The zero-order valence-electron chi connectivity index (χ0n) is 22.2. The molecule has 0 spiro atoms. The van der Waals surface area contributed by atoms with Crippen molar-refractivity contribution in [3.05, 3.63) is 36.0 Å². The normalized spacial score (nSPS) is 40.7. The molecule has 3 aliphatic rings. The van der Waals surface area contributed by atoms with Crippen molar-refractivity contribution in [2.24, 2.45) is 39.9 Å². The first-order valence-corrected chi connectivity index (χ1v) is 13.3. The van der Waals surface area contributed by atoms with Gasteiger partial charge in [-0.3, -0.25) is 4.79 Å². The predicted octanol–water partition coefficient (Wildman–Crippen LogP) is 6.54. The maximum absolute atomic E-state index is 12.9. The Bertz CT molecular complexity index is 839. The van der Waals surface area contributed by atoms with Gasteiger partial charge in [0.05, 0.1) is 18.1 Å². The summed E-state index contributed by atoms with van der Waals surface area (Å²) in [5, 5.41) is 30.6. The zero-order valence-corrected chi connectivity index (χ0v) is 22.2. The molecule has 0 aromatic rings. The van der Waals surface area contributed by atoms with E-state index in [2.05, 4.69) is 33.9 Å². The minimum atomic E-state index is -0.859. The number of carboxylic acids is 1. The number of allylic oxidation sites excluding steroid dienone is 3. The first kappa shape index (κ1) is 27.2. The maximum Gasteiger partial charge on any atom is 0.310 e. The summed E-state index contributed by atoms with van der Waals surface area (Å²) in [6, 6.07) is 0. The molecule has 0 bridgehead atoms. The number of aliphatic carboxylic acids is 1. The van der Waals surface area contributed by atoms with Crippen LogP contribution in [0.25, 0.3) is 0 Å². The number of fused-ring (bicyclic) bond motifs is 1. The van der Waals surface area contributed by atoms with Crippen LogP contribution in [0.4, 0.5) is 0 Å². The SMILES string of the molecule is C=C1CC[C@H](C[C@H]2C(=C)CC[C@@H]3C(C)(C)[C@@H](O)CC[C@]32C)[C@@](C)(C(=O)O)[C@@H]1CC/C(C)=C/CO. The van der Waals surface area contributed by atoms with Gasteiger partial charge in [-0.1, -0.05) is 56.7 Å². The lowest BCUT2D eigenvalue weighted by Crippen LogP contribution is -2.56. The molecular weight excluding hydrogens is 424 g/mol. The molecule has 0 unspecified atom stereocenters. The van der Waals surface area contributed by atoms with Crippen molar-refractivity contribution in [1.29, 1.82) is 0 Å². The van der Waals surface area contributed by atoms with Gasteiger partial charge in [0.15, 0.2) is 0 Å². The Labute approximate surface area is 207 Å². The number of hydrogen-bond acceptors (Lipinski definition) is 3. The van der Waals surface area contributed by atoms with Gasteiger partial charge in [-0.05, 0) is 106 Å². The van der Waals surface area contributed by atoms with Crippen LogP contribution in [0.2, 0.25) is 0 Å². The Kier molecular flexibility index (Phi) is 7.95. The molecule has 3 N–H and O–H groups in total. The summed E-state index contributed by atoms with van der Waals surface area (Å²) < 4.78 is 0. The number of carbonyl (C=O) groups is 1. The second kappa shape index (κ2) is 9.93. The summed E-state index contributed by atoms with van der Waals surface area (Å²) in [4.78, 5) is 12.9. The molecule has 3 aliphatic carbocycles. The van der Waals surface area contributed by atoms with Crippen molar-refractivity contribution in [3.63, 3.8) is 0 Å². The van der Waals surface area contributed by atoms with Crippen LogP contribution in [-0.2, 0) is 4.79 Å². The van der Waals surface area contributed by atoms with E-state index < -0.39 is 11.4 Å². The van der Waals surface area contributed by atoms with Crippen LogP contribution in [0, 0.1) is 39.9 Å². The van der Waals surface area contributed by atoms with E-state index in [9.17, 15) is 20.1 Å².